The standard InChI is InChI=1S/C24H29N2OS/c1-16(2)24(19-14-25-15-19)27-20-8-5-17-11-12-26(3)23(22(17)13-20)18-6-9-21(28-4)10-7-18/h5-13,16,19,24-25H,14-15H2,1-4H3/q+1. The smallest absolute Gasteiger partial charge is 0.220 e. The zero-order valence-corrected chi connectivity index (χ0v) is 17.9. The number of thioether (sulfide) groups is 1. The first-order valence-electron chi connectivity index (χ1n) is 10.0. The summed E-state index contributed by atoms with van der Waals surface area (Å²) in [7, 11) is 2.11. The second-order valence-corrected chi connectivity index (χ2v) is 8.88. The van der Waals surface area contributed by atoms with Gasteiger partial charge in [0.1, 0.15) is 18.9 Å². The summed E-state index contributed by atoms with van der Waals surface area (Å²) in [5.74, 6) is 2.06. The van der Waals surface area contributed by atoms with E-state index >= 15 is 0 Å². The highest BCUT2D eigenvalue weighted by Crippen LogP contribution is 2.31. The molecule has 4 heteroatoms. The van der Waals surface area contributed by atoms with Crippen molar-refractivity contribution in [1.82, 2.24) is 5.32 Å². The molecule has 2 aromatic carbocycles. The van der Waals surface area contributed by atoms with Crippen LogP contribution in [0.5, 0.6) is 5.75 Å². The van der Waals surface area contributed by atoms with Crippen molar-refractivity contribution in [3.8, 4) is 17.0 Å². The Morgan fingerprint density at radius 3 is 2.43 bits per heavy atom. The van der Waals surface area contributed by atoms with Crippen LogP contribution in [0.1, 0.15) is 13.8 Å². The summed E-state index contributed by atoms with van der Waals surface area (Å²) in [6.45, 7) is 6.61. The van der Waals surface area contributed by atoms with Crippen molar-refractivity contribution in [2.75, 3.05) is 19.3 Å². The van der Waals surface area contributed by atoms with Gasteiger partial charge in [-0.2, -0.15) is 0 Å². The van der Waals surface area contributed by atoms with Gasteiger partial charge in [-0.3, -0.25) is 0 Å². The SMILES string of the molecule is CSc1ccc(-c2c3cc(OC(C(C)C)C4CNC4)ccc3cc[n+]2C)cc1. The Bertz CT molecular complexity index is 964. The van der Waals surface area contributed by atoms with E-state index in [1.165, 1.54) is 26.9 Å². The largest absolute Gasteiger partial charge is 0.490 e. The van der Waals surface area contributed by atoms with Crippen molar-refractivity contribution in [3.63, 3.8) is 0 Å². The minimum absolute atomic E-state index is 0.250. The molecule has 1 aliphatic rings. The van der Waals surface area contributed by atoms with Crippen molar-refractivity contribution in [2.24, 2.45) is 18.9 Å². The maximum atomic E-state index is 6.50. The van der Waals surface area contributed by atoms with Crippen molar-refractivity contribution in [1.29, 1.82) is 0 Å². The quantitative estimate of drug-likeness (QED) is 0.486. The van der Waals surface area contributed by atoms with E-state index in [0.29, 0.717) is 11.8 Å². The molecule has 4 rings (SSSR count). The molecule has 3 aromatic rings. The molecule has 1 atom stereocenters. The summed E-state index contributed by atoms with van der Waals surface area (Å²) in [5, 5.41) is 5.84. The van der Waals surface area contributed by atoms with Gasteiger partial charge in [-0.25, -0.2) is 4.57 Å². The average molecular weight is 394 g/mol. The predicted molar refractivity (Wildman–Crippen MR) is 118 cm³/mol. The van der Waals surface area contributed by atoms with Crippen molar-refractivity contribution >= 4 is 22.5 Å². The Labute approximate surface area is 172 Å². The van der Waals surface area contributed by atoms with E-state index in [-0.39, 0.29) is 6.10 Å². The third-order valence-electron chi connectivity index (χ3n) is 5.68. The molecule has 0 radical (unpaired) electrons. The van der Waals surface area contributed by atoms with E-state index in [9.17, 15) is 0 Å². The molecule has 1 fully saturated rings. The summed E-state index contributed by atoms with van der Waals surface area (Å²) in [6, 6.07) is 17.5. The number of ether oxygens (including phenoxy) is 1. The maximum absolute atomic E-state index is 6.50. The molecule has 1 N–H and O–H groups in total. The number of fused-ring (bicyclic) bond motifs is 1. The fourth-order valence-corrected chi connectivity index (χ4v) is 4.41. The van der Waals surface area contributed by atoms with Gasteiger partial charge in [-0.05, 0) is 54.0 Å². The third-order valence-corrected chi connectivity index (χ3v) is 6.42. The van der Waals surface area contributed by atoms with E-state index in [1.54, 1.807) is 11.8 Å². The minimum Gasteiger partial charge on any atom is -0.490 e. The van der Waals surface area contributed by atoms with Gasteiger partial charge in [0.25, 0.3) is 0 Å². The lowest BCUT2D eigenvalue weighted by atomic mass is 9.88. The van der Waals surface area contributed by atoms with Crippen LogP contribution in [0.4, 0.5) is 0 Å². The van der Waals surface area contributed by atoms with Crippen LogP contribution in [-0.2, 0) is 7.05 Å². The highest BCUT2D eigenvalue weighted by Gasteiger charge is 2.31. The van der Waals surface area contributed by atoms with E-state index in [4.69, 9.17) is 4.74 Å². The summed E-state index contributed by atoms with van der Waals surface area (Å²) >= 11 is 1.77. The third kappa shape index (κ3) is 3.76. The fourth-order valence-electron chi connectivity index (χ4n) is 4.00. The lowest BCUT2D eigenvalue weighted by Gasteiger charge is -2.37. The normalized spacial score (nSPS) is 15.6. The number of nitrogens with zero attached hydrogens (tertiary/aromatic N) is 1. The molecule has 146 valence electrons. The zero-order valence-electron chi connectivity index (χ0n) is 17.1. The fraction of sp³-hybridized carbons (Fsp3) is 0.375. The molecule has 3 nitrogen and oxygen atoms in total. The van der Waals surface area contributed by atoms with Crippen molar-refractivity contribution in [2.45, 2.75) is 24.8 Å². The highest BCUT2D eigenvalue weighted by molar-refractivity contribution is 7.98. The monoisotopic (exact) mass is 393 g/mol. The number of aromatic nitrogens is 1. The molecule has 0 amide bonds. The lowest BCUT2D eigenvalue weighted by Crippen LogP contribution is -2.52. The number of pyridine rings is 1. The van der Waals surface area contributed by atoms with E-state index in [2.05, 4.69) is 91.8 Å². The first-order valence-corrected chi connectivity index (χ1v) is 11.2. The minimum atomic E-state index is 0.250. The molecule has 28 heavy (non-hydrogen) atoms. The molecular weight excluding hydrogens is 364 g/mol. The Morgan fingerprint density at radius 1 is 1.07 bits per heavy atom. The Balaban J connectivity index is 1.75. The Morgan fingerprint density at radius 2 is 1.82 bits per heavy atom. The van der Waals surface area contributed by atoms with Gasteiger partial charge in [-0.15, -0.1) is 11.8 Å². The van der Waals surface area contributed by atoms with Gasteiger partial charge in [0, 0.05) is 35.5 Å². The molecule has 0 spiro atoms. The van der Waals surface area contributed by atoms with Crippen LogP contribution in [0.3, 0.4) is 0 Å². The van der Waals surface area contributed by atoms with Crippen LogP contribution in [0, 0.1) is 11.8 Å². The molecule has 1 unspecified atom stereocenters. The van der Waals surface area contributed by atoms with Gasteiger partial charge in [-0.1, -0.05) is 19.9 Å². The number of aryl methyl sites for hydroxylation is 1. The van der Waals surface area contributed by atoms with Crippen LogP contribution in [0.15, 0.2) is 59.6 Å². The summed E-state index contributed by atoms with van der Waals surface area (Å²) in [4.78, 5) is 1.28. The van der Waals surface area contributed by atoms with Gasteiger partial charge in [0.05, 0.1) is 5.39 Å². The van der Waals surface area contributed by atoms with Crippen LogP contribution < -0.4 is 14.6 Å². The Hall–Kier alpha value is -2.04. The van der Waals surface area contributed by atoms with Crippen LogP contribution >= 0.6 is 11.8 Å². The van der Waals surface area contributed by atoms with Crippen LogP contribution in [0.2, 0.25) is 0 Å². The van der Waals surface area contributed by atoms with E-state index in [1.807, 2.05) is 0 Å². The molecule has 2 heterocycles. The molecular formula is C24H29N2OS+. The van der Waals surface area contributed by atoms with E-state index < -0.39 is 0 Å². The second-order valence-electron chi connectivity index (χ2n) is 8.00. The number of hydrogen-bond donors (Lipinski definition) is 1. The summed E-state index contributed by atoms with van der Waals surface area (Å²) in [5.41, 5.74) is 2.45. The second kappa shape index (κ2) is 8.14. The number of rotatable bonds is 6. The maximum Gasteiger partial charge on any atom is 0.220 e. The van der Waals surface area contributed by atoms with Gasteiger partial charge in [0.15, 0.2) is 6.20 Å². The first kappa shape index (κ1) is 19.3. The molecule has 0 bridgehead atoms. The molecule has 1 aromatic heterocycles. The van der Waals surface area contributed by atoms with Crippen molar-refractivity contribution < 1.29 is 9.30 Å². The zero-order chi connectivity index (χ0) is 19.7. The molecule has 0 saturated carbocycles. The molecule has 0 aliphatic carbocycles. The first-order chi connectivity index (χ1) is 13.6. The lowest BCUT2D eigenvalue weighted by molar-refractivity contribution is -0.659. The Kier molecular flexibility index (Phi) is 5.61. The van der Waals surface area contributed by atoms with E-state index in [0.717, 1.165) is 18.8 Å². The van der Waals surface area contributed by atoms with Crippen molar-refractivity contribution in [3.05, 3.63) is 54.7 Å². The average Bonchev–Trinajstić information content (AvgIpc) is 2.66. The molecule has 1 saturated heterocycles. The summed E-state index contributed by atoms with van der Waals surface area (Å²) < 4.78 is 8.71. The number of benzene rings is 2. The topological polar surface area (TPSA) is 25.1 Å². The van der Waals surface area contributed by atoms with Gasteiger partial charge in [0.2, 0.25) is 5.69 Å². The summed E-state index contributed by atoms with van der Waals surface area (Å²) in [6.07, 6.45) is 4.50. The van der Waals surface area contributed by atoms with Gasteiger partial charge < -0.3 is 10.1 Å². The predicted octanol–water partition coefficient (Wildman–Crippen LogP) is 4.68. The number of nitrogens with one attached hydrogen (secondary N) is 1. The van der Waals surface area contributed by atoms with Crippen LogP contribution in [-0.4, -0.2) is 25.4 Å². The number of hydrogen-bond acceptors (Lipinski definition) is 3. The van der Waals surface area contributed by atoms with Gasteiger partial charge >= 0.3 is 0 Å². The highest BCUT2D eigenvalue weighted by atomic mass is 32.2. The molecule has 1 aliphatic heterocycles. The van der Waals surface area contributed by atoms with Crippen LogP contribution in [0.25, 0.3) is 22.0 Å².